The summed E-state index contributed by atoms with van der Waals surface area (Å²) >= 11 is 1.82. The standard InChI is InChI=1S/C9H16N4S/c1-7(14-2)6-11-8-4-3-5-9(12-8)13-10/h3-5,7H,6,10H2,1-2H3,(H2,11,12,13). The zero-order valence-corrected chi connectivity index (χ0v) is 9.27. The van der Waals surface area contributed by atoms with E-state index in [0.29, 0.717) is 11.1 Å². The molecule has 4 N–H and O–H groups in total. The minimum absolute atomic E-state index is 0.575. The number of nitrogens with two attached hydrogens (primary N) is 1. The van der Waals surface area contributed by atoms with E-state index in [-0.39, 0.29) is 0 Å². The van der Waals surface area contributed by atoms with Crippen LogP contribution in [0.15, 0.2) is 18.2 Å². The molecule has 0 bridgehead atoms. The van der Waals surface area contributed by atoms with Gasteiger partial charge in [-0.1, -0.05) is 13.0 Å². The number of anilines is 2. The molecule has 1 aromatic heterocycles. The highest BCUT2D eigenvalue weighted by Crippen LogP contribution is 2.10. The Labute approximate surface area is 88.6 Å². The second kappa shape index (κ2) is 5.72. The van der Waals surface area contributed by atoms with Crippen LogP contribution in [0.1, 0.15) is 6.92 Å². The van der Waals surface area contributed by atoms with E-state index in [0.717, 1.165) is 12.4 Å². The Kier molecular flexibility index (Phi) is 4.55. The number of nitrogens with one attached hydrogen (secondary N) is 2. The molecule has 1 heterocycles. The van der Waals surface area contributed by atoms with Crippen LogP contribution in [0.3, 0.4) is 0 Å². The largest absolute Gasteiger partial charge is 0.369 e. The first kappa shape index (κ1) is 11.1. The number of hydrazine groups is 1. The minimum Gasteiger partial charge on any atom is -0.369 e. The maximum Gasteiger partial charge on any atom is 0.142 e. The van der Waals surface area contributed by atoms with E-state index >= 15 is 0 Å². The zero-order chi connectivity index (χ0) is 10.4. The molecule has 0 amide bonds. The Morgan fingerprint density at radius 3 is 2.86 bits per heavy atom. The predicted octanol–water partition coefficient (Wildman–Crippen LogP) is 1.53. The summed E-state index contributed by atoms with van der Waals surface area (Å²) in [4.78, 5) is 4.24. The molecular weight excluding hydrogens is 196 g/mol. The zero-order valence-electron chi connectivity index (χ0n) is 8.45. The van der Waals surface area contributed by atoms with Gasteiger partial charge in [-0.25, -0.2) is 10.8 Å². The van der Waals surface area contributed by atoms with Crippen LogP contribution in [0.4, 0.5) is 11.6 Å². The smallest absolute Gasteiger partial charge is 0.142 e. The molecule has 0 spiro atoms. The Morgan fingerprint density at radius 1 is 1.50 bits per heavy atom. The van der Waals surface area contributed by atoms with Gasteiger partial charge in [0.05, 0.1) is 0 Å². The van der Waals surface area contributed by atoms with Crippen LogP contribution in [0.2, 0.25) is 0 Å². The molecule has 1 unspecified atom stereocenters. The SMILES string of the molecule is CSC(C)CNc1cccc(NN)n1. The number of aromatic nitrogens is 1. The third-order valence-corrected chi connectivity index (χ3v) is 2.84. The summed E-state index contributed by atoms with van der Waals surface area (Å²) in [6, 6.07) is 5.66. The molecule has 0 aliphatic rings. The van der Waals surface area contributed by atoms with E-state index < -0.39 is 0 Å². The van der Waals surface area contributed by atoms with Crippen LogP contribution in [-0.4, -0.2) is 23.0 Å². The molecule has 5 heteroatoms. The van der Waals surface area contributed by atoms with Crippen LogP contribution < -0.4 is 16.6 Å². The molecule has 78 valence electrons. The molecule has 0 fully saturated rings. The van der Waals surface area contributed by atoms with E-state index in [2.05, 4.69) is 28.9 Å². The Bertz CT molecular complexity index is 279. The third kappa shape index (κ3) is 3.43. The first-order valence-electron chi connectivity index (χ1n) is 4.46. The normalized spacial score (nSPS) is 12.2. The van der Waals surface area contributed by atoms with Gasteiger partial charge in [0.25, 0.3) is 0 Å². The number of hydrogen-bond acceptors (Lipinski definition) is 5. The second-order valence-electron chi connectivity index (χ2n) is 2.98. The van der Waals surface area contributed by atoms with Crippen molar-refractivity contribution in [2.45, 2.75) is 12.2 Å². The fourth-order valence-electron chi connectivity index (χ4n) is 0.945. The molecule has 1 aromatic rings. The highest BCUT2D eigenvalue weighted by molar-refractivity contribution is 7.99. The monoisotopic (exact) mass is 212 g/mol. The fraction of sp³-hybridized carbons (Fsp3) is 0.444. The summed E-state index contributed by atoms with van der Waals surface area (Å²) in [5, 5.41) is 3.82. The number of nitrogen functional groups attached to an aromatic ring is 1. The van der Waals surface area contributed by atoms with Crippen LogP contribution in [0.25, 0.3) is 0 Å². The van der Waals surface area contributed by atoms with E-state index in [1.165, 1.54) is 0 Å². The molecule has 0 aliphatic heterocycles. The van der Waals surface area contributed by atoms with E-state index in [1.54, 1.807) is 0 Å². The molecule has 0 radical (unpaired) electrons. The number of rotatable bonds is 5. The fourth-order valence-corrected chi connectivity index (χ4v) is 1.20. The third-order valence-electron chi connectivity index (χ3n) is 1.87. The van der Waals surface area contributed by atoms with E-state index in [9.17, 15) is 0 Å². The highest BCUT2D eigenvalue weighted by atomic mass is 32.2. The van der Waals surface area contributed by atoms with Gasteiger partial charge < -0.3 is 10.7 Å². The van der Waals surface area contributed by atoms with Gasteiger partial charge in [0.15, 0.2) is 0 Å². The number of thioether (sulfide) groups is 1. The maximum atomic E-state index is 5.26. The van der Waals surface area contributed by atoms with Gasteiger partial charge in [-0.15, -0.1) is 0 Å². The van der Waals surface area contributed by atoms with Crippen molar-refractivity contribution in [2.24, 2.45) is 5.84 Å². The molecule has 0 aliphatic carbocycles. The van der Waals surface area contributed by atoms with Crippen molar-refractivity contribution in [3.05, 3.63) is 18.2 Å². The molecule has 0 saturated heterocycles. The molecule has 4 nitrogen and oxygen atoms in total. The van der Waals surface area contributed by atoms with Crippen molar-refractivity contribution in [2.75, 3.05) is 23.5 Å². The maximum absolute atomic E-state index is 5.26. The van der Waals surface area contributed by atoms with Crippen molar-refractivity contribution in [1.29, 1.82) is 0 Å². The summed E-state index contributed by atoms with van der Waals surface area (Å²) in [7, 11) is 0. The van der Waals surface area contributed by atoms with Crippen LogP contribution >= 0.6 is 11.8 Å². The van der Waals surface area contributed by atoms with Gasteiger partial charge >= 0.3 is 0 Å². The summed E-state index contributed by atoms with van der Waals surface area (Å²) < 4.78 is 0. The van der Waals surface area contributed by atoms with Crippen molar-refractivity contribution < 1.29 is 0 Å². The molecule has 0 saturated carbocycles. The van der Waals surface area contributed by atoms with Crippen LogP contribution in [0, 0.1) is 0 Å². The van der Waals surface area contributed by atoms with Crippen LogP contribution in [-0.2, 0) is 0 Å². The number of nitrogens with zero attached hydrogens (tertiary/aromatic N) is 1. The van der Waals surface area contributed by atoms with Crippen molar-refractivity contribution in [3.8, 4) is 0 Å². The molecule has 0 aromatic carbocycles. The summed E-state index contributed by atoms with van der Waals surface area (Å²) in [5.74, 6) is 6.78. The average Bonchev–Trinajstić information content (AvgIpc) is 2.26. The van der Waals surface area contributed by atoms with Gasteiger partial charge in [0, 0.05) is 11.8 Å². The van der Waals surface area contributed by atoms with Crippen molar-refractivity contribution >= 4 is 23.4 Å². The Hall–Kier alpha value is -0.940. The minimum atomic E-state index is 0.575. The first-order valence-corrected chi connectivity index (χ1v) is 5.75. The second-order valence-corrected chi connectivity index (χ2v) is 4.26. The number of pyridine rings is 1. The predicted molar refractivity (Wildman–Crippen MR) is 63.5 cm³/mol. The lowest BCUT2D eigenvalue weighted by molar-refractivity contribution is 0.991. The van der Waals surface area contributed by atoms with E-state index in [1.807, 2.05) is 30.0 Å². The van der Waals surface area contributed by atoms with Gasteiger partial charge in [0.1, 0.15) is 11.6 Å². The lowest BCUT2D eigenvalue weighted by atomic mass is 10.4. The average molecular weight is 212 g/mol. The van der Waals surface area contributed by atoms with Crippen molar-refractivity contribution in [1.82, 2.24) is 4.98 Å². The molecule has 14 heavy (non-hydrogen) atoms. The van der Waals surface area contributed by atoms with Gasteiger partial charge in [-0.05, 0) is 18.4 Å². The lowest BCUT2D eigenvalue weighted by Gasteiger charge is -2.10. The topological polar surface area (TPSA) is 63.0 Å². The molecular formula is C9H16N4S. The Balaban J connectivity index is 2.50. The van der Waals surface area contributed by atoms with Gasteiger partial charge in [-0.2, -0.15) is 11.8 Å². The van der Waals surface area contributed by atoms with Gasteiger partial charge in [0.2, 0.25) is 0 Å². The molecule has 1 rings (SSSR count). The summed E-state index contributed by atoms with van der Waals surface area (Å²) in [6.07, 6.45) is 2.09. The van der Waals surface area contributed by atoms with Crippen LogP contribution in [0.5, 0.6) is 0 Å². The van der Waals surface area contributed by atoms with Gasteiger partial charge in [-0.3, -0.25) is 0 Å². The van der Waals surface area contributed by atoms with Crippen molar-refractivity contribution in [3.63, 3.8) is 0 Å². The number of hydrogen-bond donors (Lipinski definition) is 3. The lowest BCUT2D eigenvalue weighted by Crippen LogP contribution is -2.14. The summed E-state index contributed by atoms with van der Waals surface area (Å²) in [5.41, 5.74) is 2.51. The highest BCUT2D eigenvalue weighted by Gasteiger charge is 1.99. The first-order chi connectivity index (χ1) is 6.76. The molecule has 1 atom stereocenters. The quantitative estimate of drug-likeness (QED) is 0.510. The summed E-state index contributed by atoms with van der Waals surface area (Å²) in [6.45, 7) is 3.07. The Morgan fingerprint density at radius 2 is 2.21 bits per heavy atom. The van der Waals surface area contributed by atoms with E-state index in [4.69, 9.17) is 5.84 Å².